The summed E-state index contributed by atoms with van der Waals surface area (Å²) in [5.74, 6) is -1.56. The first-order valence-corrected chi connectivity index (χ1v) is 6.16. The van der Waals surface area contributed by atoms with Gasteiger partial charge in [0.1, 0.15) is 0 Å². The molecule has 1 aliphatic rings. The van der Waals surface area contributed by atoms with Gasteiger partial charge in [0.15, 0.2) is 0 Å². The summed E-state index contributed by atoms with van der Waals surface area (Å²) in [7, 11) is 0. The van der Waals surface area contributed by atoms with Crippen LogP contribution in [0.15, 0.2) is 30.3 Å². The summed E-state index contributed by atoms with van der Waals surface area (Å²) in [6, 6.07) is 9.24. The number of hydrogen-bond acceptors (Lipinski definition) is 2. The van der Waals surface area contributed by atoms with Crippen LogP contribution in [0, 0.1) is 5.92 Å². The molecule has 92 valence electrons. The van der Waals surface area contributed by atoms with E-state index in [1.54, 1.807) is 0 Å². The van der Waals surface area contributed by atoms with Gasteiger partial charge in [0.2, 0.25) is 0 Å². The van der Waals surface area contributed by atoms with E-state index in [1.807, 2.05) is 30.3 Å². The number of carboxylic acid groups (broad SMARTS) is 1. The van der Waals surface area contributed by atoms with E-state index in [-0.39, 0.29) is 5.92 Å². The Morgan fingerprint density at radius 2 is 1.82 bits per heavy atom. The van der Waals surface area contributed by atoms with Crippen molar-refractivity contribution in [1.82, 2.24) is 0 Å². The molecule has 1 fully saturated rings. The molecule has 17 heavy (non-hydrogen) atoms. The molecule has 0 aromatic heterocycles. The van der Waals surface area contributed by atoms with Gasteiger partial charge in [-0.25, -0.2) is 0 Å². The third-order valence-corrected chi connectivity index (χ3v) is 3.63. The molecule has 0 bridgehead atoms. The number of aliphatic carboxylic acids is 1. The Morgan fingerprint density at radius 1 is 1.18 bits per heavy atom. The maximum Gasteiger partial charge on any atom is 0.311 e. The minimum atomic E-state index is -0.831. The quantitative estimate of drug-likeness (QED) is 0.844. The summed E-state index contributed by atoms with van der Waals surface area (Å²) >= 11 is 0. The number of aliphatic hydroxyl groups excluding tert-OH is 1. The van der Waals surface area contributed by atoms with Crippen molar-refractivity contribution in [3.8, 4) is 0 Å². The first-order chi connectivity index (χ1) is 8.20. The van der Waals surface area contributed by atoms with Gasteiger partial charge in [-0.1, -0.05) is 43.2 Å². The zero-order valence-electron chi connectivity index (χ0n) is 9.75. The van der Waals surface area contributed by atoms with E-state index in [1.165, 1.54) is 0 Å². The molecular formula is C14H18O3. The van der Waals surface area contributed by atoms with Crippen molar-refractivity contribution in [3.63, 3.8) is 0 Å². The summed E-state index contributed by atoms with van der Waals surface area (Å²) in [5, 5.41) is 19.4. The Balaban J connectivity index is 2.26. The van der Waals surface area contributed by atoms with Gasteiger partial charge in [-0.3, -0.25) is 4.79 Å². The maximum atomic E-state index is 11.4. The first kappa shape index (κ1) is 12.1. The van der Waals surface area contributed by atoms with Crippen LogP contribution in [0.5, 0.6) is 0 Å². The molecule has 0 unspecified atom stereocenters. The first-order valence-electron chi connectivity index (χ1n) is 6.16. The Bertz CT molecular complexity index is 374. The second-order valence-corrected chi connectivity index (χ2v) is 4.74. The molecule has 3 heteroatoms. The summed E-state index contributed by atoms with van der Waals surface area (Å²) in [6.45, 7) is 0. The van der Waals surface area contributed by atoms with Gasteiger partial charge in [0.25, 0.3) is 0 Å². The predicted octanol–water partition coefficient (Wildman–Crippen LogP) is 2.41. The molecule has 1 aromatic carbocycles. The number of carboxylic acids is 1. The SMILES string of the molecule is O=C(O)[C@H](c1ccccc1)[C@H]1CCCC[C@@H]1O. The van der Waals surface area contributed by atoms with E-state index in [9.17, 15) is 15.0 Å². The van der Waals surface area contributed by atoms with Crippen molar-refractivity contribution < 1.29 is 15.0 Å². The lowest BCUT2D eigenvalue weighted by atomic mass is 9.75. The smallest absolute Gasteiger partial charge is 0.311 e. The van der Waals surface area contributed by atoms with Crippen LogP contribution in [-0.2, 0) is 4.79 Å². The standard InChI is InChI=1S/C14H18O3/c15-12-9-5-4-8-11(12)13(14(16)17)10-6-2-1-3-7-10/h1-3,6-7,11-13,15H,4-5,8-9H2,(H,16,17)/t11-,12-,13+/m0/s1. The van der Waals surface area contributed by atoms with Gasteiger partial charge < -0.3 is 10.2 Å². The fraction of sp³-hybridized carbons (Fsp3) is 0.500. The Hall–Kier alpha value is -1.35. The lowest BCUT2D eigenvalue weighted by Gasteiger charge is -2.32. The van der Waals surface area contributed by atoms with Crippen LogP contribution in [0.4, 0.5) is 0 Å². The van der Waals surface area contributed by atoms with Gasteiger partial charge in [-0.2, -0.15) is 0 Å². The minimum Gasteiger partial charge on any atom is -0.481 e. The summed E-state index contributed by atoms with van der Waals surface area (Å²) in [6.07, 6.45) is 3.05. The molecule has 1 aliphatic carbocycles. The lowest BCUT2D eigenvalue weighted by Crippen LogP contribution is -2.33. The van der Waals surface area contributed by atoms with Crippen molar-refractivity contribution in [1.29, 1.82) is 0 Å². The Labute approximate surface area is 101 Å². The minimum absolute atomic E-state index is 0.149. The highest BCUT2D eigenvalue weighted by Crippen LogP contribution is 2.36. The number of rotatable bonds is 3. The fourth-order valence-electron chi connectivity index (χ4n) is 2.76. The van der Waals surface area contributed by atoms with Gasteiger partial charge in [-0.05, 0) is 18.4 Å². The third kappa shape index (κ3) is 2.67. The van der Waals surface area contributed by atoms with Crippen molar-refractivity contribution in [2.45, 2.75) is 37.7 Å². The van der Waals surface area contributed by atoms with E-state index in [4.69, 9.17) is 0 Å². The van der Waals surface area contributed by atoms with Crippen LogP contribution in [0.1, 0.15) is 37.2 Å². The largest absolute Gasteiger partial charge is 0.481 e. The van der Waals surface area contributed by atoms with E-state index >= 15 is 0 Å². The Kier molecular flexibility index (Phi) is 3.79. The summed E-state index contributed by atoms with van der Waals surface area (Å²) in [5.41, 5.74) is 0.797. The number of aliphatic hydroxyl groups is 1. The molecule has 0 radical (unpaired) electrons. The molecule has 3 atom stereocenters. The van der Waals surface area contributed by atoms with Crippen molar-refractivity contribution in [2.75, 3.05) is 0 Å². The topological polar surface area (TPSA) is 57.5 Å². The molecule has 2 rings (SSSR count). The monoisotopic (exact) mass is 234 g/mol. The van der Waals surface area contributed by atoms with Crippen LogP contribution < -0.4 is 0 Å². The van der Waals surface area contributed by atoms with Crippen LogP contribution in [0.25, 0.3) is 0 Å². The summed E-state index contributed by atoms with van der Waals surface area (Å²) < 4.78 is 0. The molecule has 1 saturated carbocycles. The van der Waals surface area contributed by atoms with Gasteiger partial charge >= 0.3 is 5.97 Å². The highest BCUT2D eigenvalue weighted by molar-refractivity contribution is 5.76. The summed E-state index contributed by atoms with van der Waals surface area (Å²) in [4.78, 5) is 11.4. The zero-order valence-corrected chi connectivity index (χ0v) is 9.75. The second-order valence-electron chi connectivity index (χ2n) is 4.74. The molecule has 3 nitrogen and oxygen atoms in total. The third-order valence-electron chi connectivity index (χ3n) is 3.63. The van der Waals surface area contributed by atoms with E-state index in [0.717, 1.165) is 31.2 Å². The highest BCUT2D eigenvalue weighted by atomic mass is 16.4. The van der Waals surface area contributed by atoms with Crippen LogP contribution in [0.3, 0.4) is 0 Å². The average Bonchev–Trinajstić information content (AvgIpc) is 2.33. The van der Waals surface area contributed by atoms with E-state index in [0.29, 0.717) is 0 Å². The van der Waals surface area contributed by atoms with Gasteiger partial charge in [0.05, 0.1) is 12.0 Å². The van der Waals surface area contributed by atoms with E-state index in [2.05, 4.69) is 0 Å². The van der Waals surface area contributed by atoms with Crippen molar-refractivity contribution in [3.05, 3.63) is 35.9 Å². The maximum absolute atomic E-state index is 11.4. The molecular weight excluding hydrogens is 216 g/mol. The molecule has 1 aromatic rings. The van der Waals surface area contributed by atoms with E-state index < -0.39 is 18.0 Å². The Morgan fingerprint density at radius 3 is 2.41 bits per heavy atom. The highest BCUT2D eigenvalue weighted by Gasteiger charge is 2.35. The average molecular weight is 234 g/mol. The van der Waals surface area contributed by atoms with Crippen LogP contribution >= 0.6 is 0 Å². The number of benzene rings is 1. The normalized spacial score (nSPS) is 26.4. The van der Waals surface area contributed by atoms with Crippen LogP contribution in [0.2, 0.25) is 0 Å². The molecule has 0 aliphatic heterocycles. The van der Waals surface area contributed by atoms with Gasteiger partial charge in [-0.15, -0.1) is 0 Å². The molecule has 2 N–H and O–H groups in total. The zero-order chi connectivity index (χ0) is 12.3. The lowest BCUT2D eigenvalue weighted by molar-refractivity contribution is -0.142. The van der Waals surface area contributed by atoms with Crippen molar-refractivity contribution in [2.24, 2.45) is 5.92 Å². The van der Waals surface area contributed by atoms with Crippen LogP contribution in [-0.4, -0.2) is 22.3 Å². The van der Waals surface area contributed by atoms with Crippen molar-refractivity contribution >= 4 is 5.97 Å². The molecule has 0 amide bonds. The number of hydrogen-bond donors (Lipinski definition) is 2. The number of carbonyl (C=O) groups is 1. The molecule has 0 heterocycles. The fourth-order valence-corrected chi connectivity index (χ4v) is 2.76. The second kappa shape index (κ2) is 5.32. The molecule has 0 saturated heterocycles. The predicted molar refractivity (Wildman–Crippen MR) is 64.8 cm³/mol. The molecule has 0 spiro atoms. The van der Waals surface area contributed by atoms with Gasteiger partial charge in [0, 0.05) is 5.92 Å².